The van der Waals surface area contributed by atoms with E-state index >= 15 is 0 Å². The average Bonchev–Trinajstić information content (AvgIpc) is 3.02. The van der Waals surface area contributed by atoms with Crippen molar-refractivity contribution in [3.8, 4) is 0 Å². The van der Waals surface area contributed by atoms with Gasteiger partial charge in [0.15, 0.2) is 10.8 Å². The highest BCUT2D eigenvalue weighted by Crippen LogP contribution is 2.46. The van der Waals surface area contributed by atoms with Gasteiger partial charge >= 0.3 is 5.97 Å². The number of hydrogen-bond donors (Lipinski definition) is 1. The van der Waals surface area contributed by atoms with Gasteiger partial charge in [-0.15, -0.1) is 11.8 Å². The first-order chi connectivity index (χ1) is 12.2. The van der Waals surface area contributed by atoms with E-state index in [1.54, 1.807) is 0 Å². The monoisotopic (exact) mass is 354 g/mol. The van der Waals surface area contributed by atoms with Crippen molar-refractivity contribution >= 4 is 28.8 Å². The molecule has 0 bridgehead atoms. The molecule has 0 fully saturated rings. The van der Waals surface area contributed by atoms with Gasteiger partial charge in [-0.25, -0.2) is 4.98 Å². The maximum absolute atomic E-state index is 11.0. The summed E-state index contributed by atoms with van der Waals surface area (Å²) in [5.74, 6) is 0.481. The van der Waals surface area contributed by atoms with E-state index < -0.39 is 10.9 Å². The smallest absolute Gasteiger partial charge is 0.304 e. The van der Waals surface area contributed by atoms with Crippen molar-refractivity contribution in [1.82, 2.24) is 9.55 Å². The average molecular weight is 354 g/mol. The van der Waals surface area contributed by atoms with Gasteiger partial charge in [0.05, 0.1) is 24.1 Å². The molecule has 1 unspecified atom stereocenters. The highest BCUT2D eigenvalue weighted by molar-refractivity contribution is 8.00. The van der Waals surface area contributed by atoms with E-state index in [2.05, 4.69) is 10.6 Å². The van der Waals surface area contributed by atoms with Crippen molar-refractivity contribution in [3.05, 3.63) is 66.0 Å². The highest BCUT2D eigenvalue weighted by atomic mass is 32.2. The number of para-hydroxylation sites is 2. The lowest BCUT2D eigenvalue weighted by atomic mass is 10.1. The number of ether oxygens (including phenoxy) is 1. The zero-order valence-corrected chi connectivity index (χ0v) is 14.4. The van der Waals surface area contributed by atoms with Gasteiger partial charge < -0.3 is 14.4 Å². The molecule has 1 aromatic heterocycles. The van der Waals surface area contributed by atoms with Gasteiger partial charge in [-0.05, 0) is 12.1 Å². The summed E-state index contributed by atoms with van der Waals surface area (Å²) in [6.45, 7) is 1.30. The molecule has 0 amide bonds. The van der Waals surface area contributed by atoms with E-state index in [4.69, 9.17) is 14.8 Å². The van der Waals surface area contributed by atoms with Crippen LogP contribution >= 0.6 is 11.8 Å². The number of aromatic nitrogens is 2. The van der Waals surface area contributed by atoms with Gasteiger partial charge in [0.25, 0.3) is 0 Å². The molecular weight excluding hydrogens is 336 g/mol. The number of carboxylic acids is 1. The van der Waals surface area contributed by atoms with Gasteiger partial charge in [0.2, 0.25) is 0 Å². The lowest BCUT2D eigenvalue weighted by molar-refractivity contribution is -0.136. The Morgan fingerprint density at radius 3 is 2.76 bits per heavy atom. The number of nitrogens with zero attached hydrogens (tertiary/aromatic N) is 2. The van der Waals surface area contributed by atoms with Crippen LogP contribution in [0.25, 0.3) is 11.0 Å². The molecule has 5 nitrogen and oxygen atoms in total. The Balaban J connectivity index is 1.86. The van der Waals surface area contributed by atoms with Crippen LogP contribution < -0.4 is 0 Å². The summed E-state index contributed by atoms with van der Waals surface area (Å²) >= 11 is 1.50. The second kappa shape index (κ2) is 6.54. The molecule has 0 saturated carbocycles. The van der Waals surface area contributed by atoms with Gasteiger partial charge in [-0.1, -0.05) is 42.5 Å². The van der Waals surface area contributed by atoms with Crippen molar-refractivity contribution < 1.29 is 14.6 Å². The molecule has 2 heterocycles. The third kappa shape index (κ3) is 2.81. The molecule has 128 valence electrons. The Hall–Kier alpha value is -2.31. The zero-order chi connectivity index (χ0) is 17.3. The standard InChI is InChI=1S/C19H18N2O3S/c22-17(23)10-13-25-19(14-6-2-1-3-7-14)18-20-15-8-4-5-9-16(15)21(18)11-12-24-19/h1-9H,10-13H2,(H,22,23). The Bertz CT molecular complexity index is 909. The predicted molar refractivity (Wildman–Crippen MR) is 97.6 cm³/mol. The third-order valence-corrected chi connectivity index (χ3v) is 5.70. The van der Waals surface area contributed by atoms with Crippen molar-refractivity contribution in [1.29, 1.82) is 0 Å². The molecule has 0 aliphatic carbocycles. The second-order valence-electron chi connectivity index (χ2n) is 5.90. The topological polar surface area (TPSA) is 64.3 Å². The summed E-state index contributed by atoms with van der Waals surface area (Å²) in [6, 6.07) is 18.0. The fraction of sp³-hybridized carbons (Fsp3) is 0.263. The highest BCUT2D eigenvalue weighted by Gasteiger charge is 2.43. The quantitative estimate of drug-likeness (QED) is 0.760. The van der Waals surface area contributed by atoms with Crippen molar-refractivity contribution in [2.45, 2.75) is 17.9 Å². The number of thioether (sulfide) groups is 1. The molecule has 4 rings (SSSR count). The van der Waals surface area contributed by atoms with Gasteiger partial charge in [-0.3, -0.25) is 4.79 Å². The number of carbonyl (C=O) groups is 1. The Kier molecular flexibility index (Phi) is 4.23. The van der Waals surface area contributed by atoms with E-state index in [1.165, 1.54) is 11.8 Å². The Labute approximate surface area is 149 Å². The number of carboxylic acid groups (broad SMARTS) is 1. The molecule has 1 aliphatic heterocycles. The largest absolute Gasteiger partial charge is 0.481 e. The molecule has 1 atom stereocenters. The van der Waals surface area contributed by atoms with Crippen LogP contribution in [0.15, 0.2) is 54.6 Å². The SMILES string of the molecule is O=C(O)CCSC1(c2ccccc2)OCCn2c1nc1ccccc12. The summed E-state index contributed by atoms with van der Waals surface area (Å²) in [5.41, 5.74) is 3.00. The van der Waals surface area contributed by atoms with E-state index in [-0.39, 0.29) is 6.42 Å². The first-order valence-corrected chi connectivity index (χ1v) is 9.20. The van der Waals surface area contributed by atoms with Gasteiger partial charge in [-0.2, -0.15) is 0 Å². The first kappa shape index (κ1) is 16.2. The van der Waals surface area contributed by atoms with Gasteiger partial charge in [0, 0.05) is 17.9 Å². The van der Waals surface area contributed by atoms with Crippen LogP contribution in [0.4, 0.5) is 0 Å². The van der Waals surface area contributed by atoms with Crippen molar-refractivity contribution in [3.63, 3.8) is 0 Å². The lowest BCUT2D eigenvalue weighted by Crippen LogP contribution is -2.37. The van der Waals surface area contributed by atoms with Crippen LogP contribution in [0, 0.1) is 0 Å². The minimum Gasteiger partial charge on any atom is -0.481 e. The zero-order valence-electron chi connectivity index (χ0n) is 13.6. The summed E-state index contributed by atoms with van der Waals surface area (Å²) in [4.78, 5) is 15.1. The van der Waals surface area contributed by atoms with E-state index in [0.717, 1.165) is 29.0 Å². The van der Waals surface area contributed by atoms with E-state index in [0.29, 0.717) is 12.4 Å². The maximum atomic E-state index is 11.0. The minimum atomic E-state index is -0.806. The number of hydrogen-bond acceptors (Lipinski definition) is 4. The first-order valence-electron chi connectivity index (χ1n) is 8.22. The Morgan fingerprint density at radius 1 is 1.20 bits per heavy atom. The normalized spacial score (nSPS) is 19.7. The van der Waals surface area contributed by atoms with Crippen LogP contribution in [-0.4, -0.2) is 33.0 Å². The van der Waals surface area contributed by atoms with Crippen LogP contribution in [0.3, 0.4) is 0 Å². The molecule has 0 spiro atoms. The third-order valence-electron chi connectivity index (χ3n) is 4.34. The second-order valence-corrected chi connectivity index (χ2v) is 7.17. The fourth-order valence-electron chi connectivity index (χ4n) is 3.24. The molecule has 0 radical (unpaired) electrons. The summed E-state index contributed by atoms with van der Waals surface area (Å²) in [5, 5.41) is 9.03. The summed E-state index contributed by atoms with van der Waals surface area (Å²) in [6.07, 6.45) is 0.0861. The van der Waals surface area contributed by atoms with Crippen LogP contribution in [-0.2, 0) is 21.0 Å². The summed E-state index contributed by atoms with van der Waals surface area (Å²) < 4.78 is 8.47. The van der Waals surface area contributed by atoms with Crippen LogP contribution in [0.2, 0.25) is 0 Å². The molecule has 2 aromatic carbocycles. The number of imidazole rings is 1. The van der Waals surface area contributed by atoms with Crippen molar-refractivity contribution in [2.75, 3.05) is 12.4 Å². The maximum Gasteiger partial charge on any atom is 0.304 e. The fourth-order valence-corrected chi connectivity index (χ4v) is 4.56. The van der Waals surface area contributed by atoms with Crippen LogP contribution in [0.5, 0.6) is 0 Å². The molecule has 3 aromatic rings. The van der Waals surface area contributed by atoms with E-state index in [9.17, 15) is 4.79 Å². The molecular formula is C19H18N2O3S. The lowest BCUT2D eigenvalue weighted by Gasteiger charge is -2.37. The number of benzene rings is 2. The molecule has 0 saturated heterocycles. The Morgan fingerprint density at radius 2 is 1.96 bits per heavy atom. The number of fused-ring (bicyclic) bond motifs is 3. The summed E-state index contributed by atoms with van der Waals surface area (Å²) in [7, 11) is 0. The number of aliphatic carboxylic acids is 1. The molecule has 1 aliphatic rings. The van der Waals surface area contributed by atoms with E-state index in [1.807, 2.05) is 48.5 Å². The minimum absolute atomic E-state index is 0.0861. The predicted octanol–water partition coefficient (Wildman–Crippen LogP) is 3.48. The van der Waals surface area contributed by atoms with Gasteiger partial charge in [0.1, 0.15) is 0 Å². The van der Waals surface area contributed by atoms with Crippen LogP contribution in [0.1, 0.15) is 17.8 Å². The molecule has 1 N–H and O–H groups in total. The molecule has 25 heavy (non-hydrogen) atoms. The molecule has 6 heteroatoms. The van der Waals surface area contributed by atoms with Crippen molar-refractivity contribution in [2.24, 2.45) is 0 Å². The number of rotatable bonds is 5.